The minimum absolute atomic E-state index is 0.282. The predicted octanol–water partition coefficient (Wildman–Crippen LogP) is 1.27. The first kappa shape index (κ1) is 13.6. The summed E-state index contributed by atoms with van der Waals surface area (Å²) in [4.78, 5) is 14.3. The van der Waals surface area contributed by atoms with E-state index in [9.17, 15) is 4.79 Å². The van der Waals surface area contributed by atoms with E-state index in [1.54, 1.807) is 6.20 Å². The normalized spacial score (nSPS) is 22.1. The van der Waals surface area contributed by atoms with Gasteiger partial charge in [-0.25, -0.2) is 0 Å². The van der Waals surface area contributed by atoms with Crippen LogP contribution in [0.1, 0.15) is 32.1 Å². The molecule has 0 atom stereocenters. The van der Waals surface area contributed by atoms with Crippen LogP contribution in [-0.2, 0) is 11.3 Å². The quantitative estimate of drug-likeness (QED) is 0.904. The molecule has 0 bridgehead atoms. The lowest BCUT2D eigenvalue weighted by Crippen LogP contribution is -2.47. The fourth-order valence-electron chi connectivity index (χ4n) is 3.49. The van der Waals surface area contributed by atoms with Crippen LogP contribution in [0.3, 0.4) is 0 Å². The zero-order valence-electron chi connectivity index (χ0n) is 12.1. The van der Waals surface area contributed by atoms with Gasteiger partial charge in [0.25, 0.3) is 0 Å². The van der Waals surface area contributed by atoms with Gasteiger partial charge in [-0.15, -0.1) is 0 Å². The molecule has 2 aliphatic heterocycles. The SMILES string of the molecule is O=C(CCn1cccn1)N1CCC2(CCNCC2)CC1. The third kappa shape index (κ3) is 3.03. The van der Waals surface area contributed by atoms with Gasteiger partial charge in [0, 0.05) is 38.4 Å². The standard InChI is InChI=1S/C15H24N4O/c20-14(2-11-19-10-1-7-17-19)18-12-5-15(6-13-18)3-8-16-9-4-15/h1,7,10,16H,2-6,8-9,11-13H2. The highest BCUT2D eigenvalue weighted by Crippen LogP contribution is 2.39. The Morgan fingerprint density at radius 3 is 2.60 bits per heavy atom. The van der Waals surface area contributed by atoms with E-state index in [-0.39, 0.29) is 5.91 Å². The lowest BCUT2D eigenvalue weighted by atomic mass is 9.71. The highest BCUT2D eigenvalue weighted by atomic mass is 16.2. The van der Waals surface area contributed by atoms with Crippen molar-refractivity contribution in [1.29, 1.82) is 0 Å². The smallest absolute Gasteiger partial charge is 0.224 e. The molecule has 5 heteroatoms. The third-order valence-corrected chi connectivity index (χ3v) is 4.95. The van der Waals surface area contributed by atoms with E-state index >= 15 is 0 Å². The number of piperidine rings is 2. The maximum atomic E-state index is 12.2. The summed E-state index contributed by atoms with van der Waals surface area (Å²) >= 11 is 0. The number of carbonyl (C=O) groups is 1. The minimum atomic E-state index is 0.282. The number of amides is 1. The summed E-state index contributed by atoms with van der Waals surface area (Å²) in [5.74, 6) is 0.282. The van der Waals surface area contributed by atoms with Crippen molar-refractivity contribution in [3.05, 3.63) is 18.5 Å². The van der Waals surface area contributed by atoms with Crippen molar-refractivity contribution in [2.45, 2.75) is 38.6 Å². The van der Waals surface area contributed by atoms with Gasteiger partial charge in [-0.05, 0) is 50.3 Å². The zero-order chi connectivity index (χ0) is 13.8. The fourth-order valence-corrected chi connectivity index (χ4v) is 3.49. The molecule has 0 radical (unpaired) electrons. The first-order chi connectivity index (χ1) is 9.77. The molecule has 3 rings (SSSR count). The summed E-state index contributed by atoms with van der Waals surface area (Å²) in [7, 11) is 0. The van der Waals surface area contributed by atoms with E-state index in [0.29, 0.717) is 18.4 Å². The van der Waals surface area contributed by atoms with Gasteiger partial charge in [-0.3, -0.25) is 9.48 Å². The van der Waals surface area contributed by atoms with E-state index in [4.69, 9.17) is 0 Å². The fraction of sp³-hybridized carbons (Fsp3) is 0.733. The minimum Gasteiger partial charge on any atom is -0.343 e. The van der Waals surface area contributed by atoms with Gasteiger partial charge >= 0.3 is 0 Å². The number of nitrogens with one attached hydrogen (secondary N) is 1. The number of hydrogen-bond donors (Lipinski definition) is 1. The van der Waals surface area contributed by atoms with E-state index in [0.717, 1.165) is 26.2 Å². The molecule has 1 aromatic heterocycles. The second-order valence-corrected chi connectivity index (χ2v) is 6.15. The summed E-state index contributed by atoms with van der Waals surface area (Å²) in [6.07, 6.45) is 9.16. The molecule has 2 fully saturated rings. The molecule has 1 spiro atoms. The molecule has 20 heavy (non-hydrogen) atoms. The maximum Gasteiger partial charge on any atom is 0.224 e. The maximum absolute atomic E-state index is 12.2. The first-order valence-electron chi connectivity index (χ1n) is 7.73. The monoisotopic (exact) mass is 276 g/mol. The molecule has 0 aromatic carbocycles. The molecular formula is C15H24N4O. The van der Waals surface area contributed by atoms with Crippen LogP contribution in [0.2, 0.25) is 0 Å². The highest BCUT2D eigenvalue weighted by Gasteiger charge is 2.36. The van der Waals surface area contributed by atoms with Crippen LogP contribution in [-0.4, -0.2) is 46.8 Å². The van der Waals surface area contributed by atoms with E-state index < -0.39 is 0 Å². The van der Waals surface area contributed by atoms with Gasteiger partial charge in [0.05, 0.1) is 0 Å². The lowest BCUT2D eigenvalue weighted by molar-refractivity contribution is -0.134. The third-order valence-electron chi connectivity index (χ3n) is 4.95. The average Bonchev–Trinajstić information content (AvgIpc) is 3.00. The second kappa shape index (κ2) is 5.95. The number of rotatable bonds is 3. The van der Waals surface area contributed by atoms with Crippen molar-refractivity contribution in [2.75, 3.05) is 26.2 Å². The summed E-state index contributed by atoms with van der Waals surface area (Å²) in [6, 6.07) is 1.90. The Morgan fingerprint density at radius 1 is 1.20 bits per heavy atom. The Hall–Kier alpha value is -1.36. The van der Waals surface area contributed by atoms with Crippen molar-refractivity contribution in [3.63, 3.8) is 0 Å². The van der Waals surface area contributed by atoms with Gasteiger partial charge in [0.1, 0.15) is 0 Å². The van der Waals surface area contributed by atoms with Crippen molar-refractivity contribution in [2.24, 2.45) is 5.41 Å². The number of hydrogen-bond acceptors (Lipinski definition) is 3. The Kier molecular flexibility index (Phi) is 4.05. The molecule has 0 aliphatic carbocycles. The van der Waals surface area contributed by atoms with E-state index in [2.05, 4.69) is 15.3 Å². The number of carbonyl (C=O) groups excluding carboxylic acids is 1. The van der Waals surface area contributed by atoms with Crippen LogP contribution in [0.4, 0.5) is 0 Å². The lowest BCUT2D eigenvalue weighted by Gasteiger charge is -2.44. The summed E-state index contributed by atoms with van der Waals surface area (Å²) in [5.41, 5.74) is 0.518. The van der Waals surface area contributed by atoms with Crippen molar-refractivity contribution >= 4 is 5.91 Å². The van der Waals surface area contributed by atoms with Gasteiger partial charge in [0.15, 0.2) is 0 Å². The van der Waals surface area contributed by atoms with Crippen LogP contribution < -0.4 is 5.32 Å². The van der Waals surface area contributed by atoms with Crippen molar-refractivity contribution in [3.8, 4) is 0 Å². The second-order valence-electron chi connectivity index (χ2n) is 6.15. The topological polar surface area (TPSA) is 50.2 Å². The molecule has 5 nitrogen and oxygen atoms in total. The number of aromatic nitrogens is 2. The molecule has 1 aromatic rings. The van der Waals surface area contributed by atoms with Crippen LogP contribution in [0.25, 0.3) is 0 Å². The summed E-state index contributed by atoms with van der Waals surface area (Å²) in [6.45, 7) is 4.87. The van der Waals surface area contributed by atoms with Crippen molar-refractivity contribution < 1.29 is 4.79 Å². The molecular weight excluding hydrogens is 252 g/mol. The largest absolute Gasteiger partial charge is 0.343 e. The van der Waals surface area contributed by atoms with E-state index in [1.165, 1.54) is 25.7 Å². The van der Waals surface area contributed by atoms with Crippen LogP contribution in [0, 0.1) is 5.41 Å². The molecule has 2 aliphatic rings. The predicted molar refractivity (Wildman–Crippen MR) is 77.2 cm³/mol. The van der Waals surface area contributed by atoms with Gasteiger partial charge < -0.3 is 10.2 Å². The molecule has 2 saturated heterocycles. The Labute approximate surface area is 120 Å². The summed E-state index contributed by atoms with van der Waals surface area (Å²) in [5, 5.41) is 7.58. The zero-order valence-corrected chi connectivity index (χ0v) is 12.1. The highest BCUT2D eigenvalue weighted by molar-refractivity contribution is 5.76. The Morgan fingerprint density at radius 2 is 1.95 bits per heavy atom. The number of likely N-dealkylation sites (tertiary alicyclic amines) is 1. The Bertz CT molecular complexity index is 427. The van der Waals surface area contributed by atoms with Crippen LogP contribution in [0.15, 0.2) is 18.5 Å². The van der Waals surface area contributed by atoms with Crippen LogP contribution >= 0.6 is 0 Å². The van der Waals surface area contributed by atoms with Crippen LogP contribution in [0.5, 0.6) is 0 Å². The Balaban J connectivity index is 1.46. The van der Waals surface area contributed by atoms with Gasteiger partial charge in [-0.1, -0.05) is 0 Å². The molecule has 0 unspecified atom stereocenters. The van der Waals surface area contributed by atoms with Crippen molar-refractivity contribution in [1.82, 2.24) is 20.0 Å². The average molecular weight is 276 g/mol. The number of aryl methyl sites for hydroxylation is 1. The molecule has 3 heterocycles. The molecule has 1 N–H and O–H groups in total. The molecule has 0 saturated carbocycles. The van der Waals surface area contributed by atoms with E-state index in [1.807, 2.05) is 16.9 Å². The molecule has 110 valence electrons. The van der Waals surface area contributed by atoms with Gasteiger partial charge in [0.2, 0.25) is 5.91 Å². The number of nitrogens with zero attached hydrogens (tertiary/aromatic N) is 3. The van der Waals surface area contributed by atoms with Gasteiger partial charge in [-0.2, -0.15) is 5.10 Å². The first-order valence-corrected chi connectivity index (χ1v) is 7.73. The molecule has 1 amide bonds. The summed E-state index contributed by atoms with van der Waals surface area (Å²) < 4.78 is 1.83.